The molecule has 116 valence electrons. The van der Waals surface area contributed by atoms with Crippen LogP contribution in [-0.4, -0.2) is 30.7 Å². The van der Waals surface area contributed by atoms with E-state index in [1.807, 2.05) is 12.1 Å². The van der Waals surface area contributed by atoms with Crippen molar-refractivity contribution < 1.29 is 0 Å². The maximum atomic E-state index is 4.25. The Morgan fingerprint density at radius 2 is 2.05 bits per heavy atom. The predicted molar refractivity (Wildman–Crippen MR) is 102 cm³/mol. The van der Waals surface area contributed by atoms with Gasteiger partial charge in [-0.1, -0.05) is 13.0 Å². The van der Waals surface area contributed by atoms with E-state index in [9.17, 15) is 0 Å². The molecule has 0 aliphatic heterocycles. The van der Waals surface area contributed by atoms with Crippen LogP contribution in [0.1, 0.15) is 17.7 Å². The standard InChI is InChI=1S/C15H22N4S.HI/c1-13(14-6-5-11-20-14)12-18-15(16-2)17-7-10-19-8-3-4-9-19;/h3-6,8-9,11,13H,7,10,12H2,1-2H3,(H2,16,17,18);1H. The van der Waals surface area contributed by atoms with Gasteiger partial charge >= 0.3 is 0 Å². The van der Waals surface area contributed by atoms with Crippen LogP contribution >= 0.6 is 35.3 Å². The first-order chi connectivity index (χ1) is 9.79. The van der Waals surface area contributed by atoms with Crippen molar-refractivity contribution in [3.8, 4) is 0 Å². The van der Waals surface area contributed by atoms with Crippen LogP contribution in [0, 0.1) is 0 Å². The zero-order valence-electron chi connectivity index (χ0n) is 12.5. The van der Waals surface area contributed by atoms with Gasteiger partial charge in [0.25, 0.3) is 0 Å². The van der Waals surface area contributed by atoms with Crippen molar-refractivity contribution in [2.75, 3.05) is 20.1 Å². The molecule has 2 aromatic rings. The Kier molecular flexibility index (Phi) is 8.44. The fourth-order valence-electron chi connectivity index (χ4n) is 1.97. The molecule has 2 aromatic heterocycles. The van der Waals surface area contributed by atoms with E-state index >= 15 is 0 Å². The van der Waals surface area contributed by atoms with Crippen molar-refractivity contribution in [1.82, 2.24) is 15.2 Å². The van der Waals surface area contributed by atoms with Gasteiger partial charge in [0.2, 0.25) is 0 Å². The number of rotatable bonds is 6. The van der Waals surface area contributed by atoms with E-state index in [2.05, 4.69) is 57.0 Å². The second-order valence-corrected chi connectivity index (χ2v) is 5.70. The summed E-state index contributed by atoms with van der Waals surface area (Å²) in [7, 11) is 1.81. The van der Waals surface area contributed by atoms with Gasteiger partial charge in [0.05, 0.1) is 0 Å². The minimum atomic E-state index is 0. The second kappa shape index (κ2) is 9.83. The third-order valence-electron chi connectivity index (χ3n) is 3.16. The molecule has 0 aliphatic rings. The van der Waals surface area contributed by atoms with Gasteiger partial charge in [0.15, 0.2) is 5.96 Å². The summed E-state index contributed by atoms with van der Waals surface area (Å²) >= 11 is 1.80. The summed E-state index contributed by atoms with van der Waals surface area (Å²) in [6, 6.07) is 8.35. The lowest BCUT2D eigenvalue weighted by Crippen LogP contribution is -2.40. The van der Waals surface area contributed by atoms with Crippen molar-refractivity contribution in [3.63, 3.8) is 0 Å². The normalized spacial score (nSPS) is 12.6. The molecule has 1 unspecified atom stereocenters. The molecule has 2 heterocycles. The zero-order chi connectivity index (χ0) is 14.2. The van der Waals surface area contributed by atoms with Crippen molar-refractivity contribution in [3.05, 3.63) is 46.9 Å². The number of aromatic nitrogens is 1. The highest BCUT2D eigenvalue weighted by atomic mass is 127. The molecule has 0 saturated heterocycles. The molecule has 0 spiro atoms. The molecule has 6 heteroatoms. The molecule has 21 heavy (non-hydrogen) atoms. The quantitative estimate of drug-likeness (QED) is 0.430. The molecule has 0 aromatic carbocycles. The summed E-state index contributed by atoms with van der Waals surface area (Å²) in [6.45, 7) is 4.92. The summed E-state index contributed by atoms with van der Waals surface area (Å²) in [6.07, 6.45) is 4.13. The number of nitrogens with zero attached hydrogens (tertiary/aromatic N) is 2. The van der Waals surface area contributed by atoms with Crippen LogP contribution in [0.3, 0.4) is 0 Å². The van der Waals surface area contributed by atoms with E-state index in [1.165, 1.54) is 4.88 Å². The lowest BCUT2D eigenvalue weighted by atomic mass is 10.1. The molecule has 0 aliphatic carbocycles. The Balaban J connectivity index is 0.00000220. The zero-order valence-corrected chi connectivity index (χ0v) is 15.6. The molecule has 0 radical (unpaired) electrons. The van der Waals surface area contributed by atoms with E-state index in [1.54, 1.807) is 18.4 Å². The lowest BCUT2D eigenvalue weighted by Gasteiger charge is -2.15. The molecule has 0 saturated carbocycles. The molecule has 1 atom stereocenters. The topological polar surface area (TPSA) is 41.4 Å². The molecule has 0 amide bonds. The van der Waals surface area contributed by atoms with Crippen LogP contribution in [0.2, 0.25) is 0 Å². The third-order valence-corrected chi connectivity index (χ3v) is 4.26. The van der Waals surface area contributed by atoms with Gasteiger partial charge in [-0.2, -0.15) is 0 Å². The van der Waals surface area contributed by atoms with Gasteiger partial charge in [0.1, 0.15) is 0 Å². The first kappa shape index (κ1) is 18.0. The van der Waals surface area contributed by atoms with Crippen LogP contribution in [0.15, 0.2) is 47.0 Å². The minimum Gasteiger partial charge on any atom is -0.356 e. The largest absolute Gasteiger partial charge is 0.356 e. The fourth-order valence-corrected chi connectivity index (χ4v) is 2.75. The number of halogens is 1. The highest BCUT2D eigenvalue weighted by molar-refractivity contribution is 14.0. The van der Waals surface area contributed by atoms with Crippen LogP contribution in [0.4, 0.5) is 0 Å². The van der Waals surface area contributed by atoms with Gasteiger partial charge in [0, 0.05) is 49.9 Å². The molecule has 2 rings (SSSR count). The maximum Gasteiger partial charge on any atom is 0.191 e. The van der Waals surface area contributed by atoms with E-state index in [0.717, 1.165) is 25.6 Å². The Morgan fingerprint density at radius 1 is 1.29 bits per heavy atom. The van der Waals surface area contributed by atoms with Crippen LogP contribution in [-0.2, 0) is 6.54 Å². The smallest absolute Gasteiger partial charge is 0.191 e. The number of hydrogen-bond donors (Lipinski definition) is 2. The lowest BCUT2D eigenvalue weighted by molar-refractivity contribution is 0.655. The van der Waals surface area contributed by atoms with Crippen molar-refractivity contribution in [1.29, 1.82) is 0 Å². The predicted octanol–water partition coefficient (Wildman–Crippen LogP) is 3.14. The average Bonchev–Trinajstić information content (AvgIpc) is 3.14. The van der Waals surface area contributed by atoms with E-state index in [0.29, 0.717) is 5.92 Å². The SMILES string of the molecule is CN=C(NCCn1cccc1)NCC(C)c1cccs1.I. The van der Waals surface area contributed by atoms with E-state index in [-0.39, 0.29) is 24.0 Å². The molecular weight excluding hydrogens is 395 g/mol. The average molecular weight is 418 g/mol. The molecule has 0 bridgehead atoms. The number of nitrogens with one attached hydrogen (secondary N) is 2. The number of aliphatic imine (C=N–C) groups is 1. The van der Waals surface area contributed by atoms with Crippen molar-refractivity contribution in [2.45, 2.75) is 19.4 Å². The summed E-state index contributed by atoms with van der Waals surface area (Å²) in [5, 5.41) is 8.82. The summed E-state index contributed by atoms with van der Waals surface area (Å²) in [5.74, 6) is 1.36. The van der Waals surface area contributed by atoms with Gasteiger partial charge in [-0.15, -0.1) is 35.3 Å². The molecule has 2 N–H and O–H groups in total. The number of hydrogen-bond acceptors (Lipinski definition) is 2. The van der Waals surface area contributed by atoms with Crippen molar-refractivity contribution >= 4 is 41.3 Å². The van der Waals surface area contributed by atoms with Crippen LogP contribution < -0.4 is 10.6 Å². The molecular formula is C15H23IN4S. The van der Waals surface area contributed by atoms with Gasteiger partial charge in [-0.25, -0.2) is 0 Å². The molecule has 4 nitrogen and oxygen atoms in total. The summed E-state index contributed by atoms with van der Waals surface area (Å²) < 4.78 is 2.15. The number of guanidine groups is 1. The fraction of sp³-hybridized carbons (Fsp3) is 0.400. The van der Waals surface area contributed by atoms with E-state index in [4.69, 9.17) is 0 Å². The Bertz CT molecular complexity index is 508. The van der Waals surface area contributed by atoms with Crippen LogP contribution in [0.5, 0.6) is 0 Å². The molecule has 0 fully saturated rings. The van der Waals surface area contributed by atoms with E-state index < -0.39 is 0 Å². The van der Waals surface area contributed by atoms with Gasteiger partial charge in [-0.3, -0.25) is 4.99 Å². The maximum absolute atomic E-state index is 4.25. The highest BCUT2D eigenvalue weighted by Gasteiger charge is 2.07. The number of thiophene rings is 1. The second-order valence-electron chi connectivity index (χ2n) is 4.72. The first-order valence-corrected chi connectivity index (χ1v) is 7.76. The summed E-state index contributed by atoms with van der Waals surface area (Å²) in [5.41, 5.74) is 0. The Hall–Kier alpha value is -1.02. The first-order valence-electron chi connectivity index (χ1n) is 6.88. The summed E-state index contributed by atoms with van der Waals surface area (Å²) in [4.78, 5) is 5.65. The monoisotopic (exact) mass is 418 g/mol. The van der Waals surface area contributed by atoms with Gasteiger partial charge < -0.3 is 15.2 Å². The Morgan fingerprint density at radius 3 is 2.67 bits per heavy atom. The third kappa shape index (κ3) is 6.09. The van der Waals surface area contributed by atoms with Crippen molar-refractivity contribution in [2.24, 2.45) is 4.99 Å². The highest BCUT2D eigenvalue weighted by Crippen LogP contribution is 2.19. The minimum absolute atomic E-state index is 0. The van der Waals surface area contributed by atoms with Crippen LogP contribution in [0.25, 0.3) is 0 Å². The van der Waals surface area contributed by atoms with Gasteiger partial charge in [-0.05, 0) is 23.6 Å². The Labute approximate surface area is 147 Å².